The molecule has 1 fully saturated rings. The molecule has 2 heteroatoms. The molecule has 1 aliphatic rings. The fourth-order valence-corrected chi connectivity index (χ4v) is 1.82. The lowest BCUT2D eigenvalue weighted by Crippen LogP contribution is -1.84. The van der Waals surface area contributed by atoms with E-state index in [1.165, 1.54) is 12.3 Å². The molecule has 2 rings (SSSR count). The van der Waals surface area contributed by atoms with Crippen LogP contribution >= 0.6 is 23.2 Å². The monoisotopic (exact) mass is 199 g/mol. The number of hydrogen-bond donors (Lipinski definition) is 0. The predicted molar refractivity (Wildman–Crippen MR) is 52.6 cm³/mol. The molecule has 1 atom stereocenters. The zero-order chi connectivity index (χ0) is 8.72. The Labute approximate surface area is 82.5 Å². The van der Waals surface area contributed by atoms with Gasteiger partial charge in [0.2, 0.25) is 0 Å². The van der Waals surface area contributed by atoms with Crippen LogP contribution in [0.1, 0.15) is 18.9 Å². The Morgan fingerprint density at radius 1 is 1.33 bits per heavy atom. The molecule has 63 valence electrons. The molecular formula is C10H9Cl2. The van der Waals surface area contributed by atoms with Gasteiger partial charge in [-0.3, -0.25) is 0 Å². The van der Waals surface area contributed by atoms with Gasteiger partial charge in [0.15, 0.2) is 0 Å². The topological polar surface area (TPSA) is 0 Å². The summed E-state index contributed by atoms with van der Waals surface area (Å²) in [7, 11) is 0. The normalized spacial score (nSPS) is 22.8. The van der Waals surface area contributed by atoms with Gasteiger partial charge in [0.05, 0.1) is 10.0 Å². The van der Waals surface area contributed by atoms with Crippen LogP contribution in [0.25, 0.3) is 0 Å². The largest absolute Gasteiger partial charge is 0.0827 e. The first kappa shape index (κ1) is 8.40. The summed E-state index contributed by atoms with van der Waals surface area (Å²) in [6.07, 6.45) is 1.17. The van der Waals surface area contributed by atoms with E-state index in [2.05, 4.69) is 6.92 Å². The molecule has 0 bridgehead atoms. The average molecular weight is 200 g/mol. The molecule has 0 nitrogen and oxygen atoms in total. The lowest BCUT2D eigenvalue weighted by molar-refractivity contribution is 0.997. The van der Waals surface area contributed by atoms with Crippen molar-refractivity contribution in [1.82, 2.24) is 0 Å². The van der Waals surface area contributed by atoms with Gasteiger partial charge >= 0.3 is 0 Å². The van der Waals surface area contributed by atoms with Crippen molar-refractivity contribution in [2.45, 2.75) is 13.3 Å². The highest BCUT2D eigenvalue weighted by atomic mass is 35.5. The highest BCUT2D eigenvalue weighted by molar-refractivity contribution is 6.42. The zero-order valence-electron chi connectivity index (χ0n) is 6.77. The van der Waals surface area contributed by atoms with Crippen molar-refractivity contribution in [3.05, 3.63) is 39.7 Å². The number of hydrogen-bond acceptors (Lipinski definition) is 0. The summed E-state index contributed by atoms with van der Waals surface area (Å²) in [6, 6.07) is 5.80. The molecule has 0 aromatic heterocycles. The smallest absolute Gasteiger partial charge is 0.0630 e. The summed E-state index contributed by atoms with van der Waals surface area (Å²) in [5.74, 6) is 2.13. The van der Waals surface area contributed by atoms with Gasteiger partial charge in [-0.05, 0) is 24.0 Å². The first-order valence-corrected chi connectivity index (χ1v) is 4.76. The number of benzene rings is 1. The van der Waals surface area contributed by atoms with Crippen molar-refractivity contribution in [2.75, 3.05) is 0 Å². The van der Waals surface area contributed by atoms with E-state index < -0.39 is 0 Å². The summed E-state index contributed by atoms with van der Waals surface area (Å²) < 4.78 is 0. The fraction of sp³-hybridized carbons (Fsp3) is 0.300. The van der Waals surface area contributed by atoms with Crippen molar-refractivity contribution in [3.63, 3.8) is 0 Å². The Morgan fingerprint density at radius 2 is 2.00 bits per heavy atom. The van der Waals surface area contributed by atoms with Crippen molar-refractivity contribution < 1.29 is 0 Å². The maximum atomic E-state index is 6.04. The molecule has 0 aliphatic heterocycles. The van der Waals surface area contributed by atoms with Crippen LogP contribution in [0.3, 0.4) is 0 Å². The third-order valence-corrected chi connectivity index (χ3v) is 3.08. The van der Waals surface area contributed by atoms with Crippen LogP contribution < -0.4 is 0 Å². The van der Waals surface area contributed by atoms with Crippen LogP contribution in [0.4, 0.5) is 0 Å². The maximum Gasteiger partial charge on any atom is 0.0630 e. The first-order chi connectivity index (χ1) is 5.70. The third kappa shape index (κ3) is 1.34. The number of halogens is 2. The van der Waals surface area contributed by atoms with Crippen LogP contribution in [0.2, 0.25) is 10.0 Å². The van der Waals surface area contributed by atoms with Crippen molar-refractivity contribution in [2.24, 2.45) is 5.92 Å². The molecule has 0 spiro atoms. The van der Waals surface area contributed by atoms with Gasteiger partial charge in [-0.15, -0.1) is 0 Å². The highest BCUT2D eigenvalue weighted by Crippen LogP contribution is 2.49. The van der Waals surface area contributed by atoms with E-state index >= 15 is 0 Å². The minimum absolute atomic E-state index is 0.653. The van der Waals surface area contributed by atoms with Gasteiger partial charge in [0.1, 0.15) is 0 Å². The standard InChI is InChI=1S/C10H9Cl2/c1-6-5-8(6)7-3-2-4-9(11)10(7)12/h2-4,6H,5H2,1H3. The van der Waals surface area contributed by atoms with Crippen LogP contribution in [-0.2, 0) is 0 Å². The van der Waals surface area contributed by atoms with Crippen LogP contribution in [0.5, 0.6) is 0 Å². The van der Waals surface area contributed by atoms with Gasteiger partial charge in [-0.2, -0.15) is 0 Å². The number of rotatable bonds is 1. The molecule has 1 aromatic carbocycles. The van der Waals surface area contributed by atoms with Crippen molar-refractivity contribution >= 4 is 23.2 Å². The van der Waals surface area contributed by atoms with Crippen LogP contribution in [0.15, 0.2) is 18.2 Å². The molecule has 1 aromatic rings. The summed E-state index contributed by atoms with van der Waals surface area (Å²) in [6.45, 7) is 2.20. The summed E-state index contributed by atoms with van der Waals surface area (Å²) in [5, 5.41) is 1.36. The minimum Gasteiger partial charge on any atom is -0.0827 e. The average Bonchev–Trinajstić information content (AvgIpc) is 2.73. The zero-order valence-corrected chi connectivity index (χ0v) is 8.28. The molecule has 1 unspecified atom stereocenters. The Bertz CT molecular complexity index is 307. The lowest BCUT2D eigenvalue weighted by Gasteiger charge is -2.02. The summed E-state index contributed by atoms with van der Waals surface area (Å²) in [4.78, 5) is 0. The quantitative estimate of drug-likeness (QED) is 0.643. The molecule has 1 aliphatic carbocycles. The van der Waals surface area contributed by atoms with Gasteiger partial charge < -0.3 is 0 Å². The second-order valence-electron chi connectivity index (χ2n) is 3.23. The van der Waals surface area contributed by atoms with Crippen LogP contribution in [0, 0.1) is 11.8 Å². The Hall–Kier alpha value is -0.200. The van der Waals surface area contributed by atoms with Gasteiger partial charge in [-0.25, -0.2) is 0 Å². The van der Waals surface area contributed by atoms with Crippen LogP contribution in [-0.4, -0.2) is 0 Å². The van der Waals surface area contributed by atoms with E-state index in [9.17, 15) is 0 Å². The van der Waals surface area contributed by atoms with E-state index in [1.54, 1.807) is 0 Å². The van der Waals surface area contributed by atoms with Crippen molar-refractivity contribution in [1.29, 1.82) is 0 Å². The van der Waals surface area contributed by atoms with Gasteiger partial charge in [0, 0.05) is 5.92 Å². The SMILES string of the molecule is CC1C[C]1c1cccc(Cl)c1Cl. The van der Waals surface area contributed by atoms with E-state index in [1.807, 2.05) is 18.2 Å². The first-order valence-electron chi connectivity index (χ1n) is 4.00. The van der Waals surface area contributed by atoms with Gasteiger partial charge in [0.25, 0.3) is 0 Å². The van der Waals surface area contributed by atoms with E-state index in [-0.39, 0.29) is 0 Å². The highest BCUT2D eigenvalue weighted by Gasteiger charge is 2.36. The maximum absolute atomic E-state index is 6.04. The molecular weight excluding hydrogens is 191 g/mol. The molecule has 0 heterocycles. The van der Waals surface area contributed by atoms with Crippen molar-refractivity contribution in [3.8, 4) is 0 Å². The Balaban J connectivity index is 2.38. The molecule has 1 radical (unpaired) electrons. The molecule has 12 heavy (non-hydrogen) atoms. The Morgan fingerprint density at radius 3 is 2.58 bits per heavy atom. The fourth-order valence-electron chi connectivity index (χ4n) is 1.40. The third-order valence-electron chi connectivity index (χ3n) is 2.26. The minimum atomic E-state index is 0.653. The Kier molecular flexibility index (Phi) is 2.05. The van der Waals surface area contributed by atoms with E-state index in [0.29, 0.717) is 16.0 Å². The van der Waals surface area contributed by atoms with Gasteiger partial charge in [-0.1, -0.05) is 42.3 Å². The molecule has 0 amide bonds. The molecule has 0 N–H and O–H groups in total. The second-order valence-corrected chi connectivity index (χ2v) is 4.02. The molecule has 0 saturated heterocycles. The lowest BCUT2D eigenvalue weighted by atomic mass is 10.1. The van der Waals surface area contributed by atoms with E-state index in [0.717, 1.165) is 5.56 Å². The summed E-state index contributed by atoms with van der Waals surface area (Å²) in [5.41, 5.74) is 1.14. The predicted octanol–water partition coefficient (Wildman–Crippen LogP) is 3.96. The second kappa shape index (κ2) is 2.93. The van der Waals surface area contributed by atoms with E-state index in [4.69, 9.17) is 23.2 Å². The summed E-state index contributed by atoms with van der Waals surface area (Å²) >= 11 is 11.9. The molecule has 1 saturated carbocycles.